The van der Waals surface area contributed by atoms with Crippen LogP contribution in [0.3, 0.4) is 0 Å². The van der Waals surface area contributed by atoms with Crippen LogP contribution in [-0.2, 0) is 16.0 Å². The van der Waals surface area contributed by atoms with Gasteiger partial charge in [-0.05, 0) is 43.4 Å². The lowest BCUT2D eigenvalue weighted by molar-refractivity contribution is -0.133. The molecule has 0 atom stereocenters. The monoisotopic (exact) mass is 308 g/mol. The van der Waals surface area contributed by atoms with Crippen LogP contribution in [0.25, 0.3) is 0 Å². The van der Waals surface area contributed by atoms with Crippen molar-refractivity contribution >= 4 is 23.4 Å². The average molecular weight is 309 g/mol. The molecule has 0 saturated carbocycles. The van der Waals surface area contributed by atoms with Crippen LogP contribution < -0.4 is 5.32 Å². The molecule has 2 rings (SSSR count). The van der Waals surface area contributed by atoms with Gasteiger partial charge in [-0.2, -0.15) is 0 Å². The smallest absolute Gasteiger partial charge is 0.241 e. The van der Waals surface area contributed by atoms with Crippen LogP contribution in [0.1, 0.15) is 31.2 Å². The molecule has 1 aromatic carbocycles. The number of piperidine rings is 1. The van der Waals surface area contributed by atoms with E-state index in [-0.39, 0.29) is 18.4 Å². The Hall–Kier alpha value is -1.55. The van der Waals surface area contributed by atoms with Gasteiger partial charge in [0, 0.05) is 24.5 Å². The lowest BCUT2D eigenvalue weighted by Crippen LogP contribution is -2.42. The maximum Gasteiger partial charge on any atom is 0.241 e. The summed E-state index contributed by atoms with van der Waals surface area (Å²) in [6, 6.07) is 7.48. The number of nitrogens with one attached hydrogen (secondary N) is 1. The van der Waals surface area contributed by atoms with E-state index >= 15 is 0 Å². The first-order valence-corrected chi connectivity index (χ1v) is 7.82. The number of halogens is 1. The first-order chi connectivity index (χ1) is 10.1. The van der Waals surface area contributed by atoms with Crippen LogP contribution in [-0.4, -0.2) is 36.3 Å². The van der Waals surface area contributed by atoms with Gasteiger partial charge in [0.15, 0.2) is 0 Å². The van der Waals surface area contributed by atoms with Crippen molar-refractivity contribution in [3.63, 3.8) is 0 Å². The molecule has 21 heavy (non-hydrogen) atoms. The van der Waals surface area contributed by atoms with Crippen molar-refractivity contribution in [2.45, 2.75) is 32.1 Å². The molecule has 0 aliphatic carbocycles. The van der Waals surface area contributed by atoms with Gasteiger partial charge in [-0.3, -0.25) is 9.59 Å². The van der Waals surface area contributed by atoms with E-state index < -0.39 is 0 Å². The molecule has 4 nitrogen and oxygen atoms in total. The zero-order valence-corrected chi connectivity index (χ0v) is 12.9. The third kappa shape index (κ3) is 5.38. The maximum absolute atomic E-state index is 11.9. The van der Waals surface area contributed by atoms with Gasteiger partial charge in [0.05, 0.1) is 6.54 Å². The highest BCUT2D eigenvalue weighted by molar-refractivity contribution is 6.30. The molecule has 1 fully saturated rings. The second-order valence-electron chi connectivity index (χ2n) is 5.35. The third-order valence-electron chi connectivity index (χ3n) is 3.68. The number of amides is 2. The second-order valence-corrected chi connectivity index (χ2v) is 5.78. The minimum atomic E-state index is -0.0969. The van der Waals surface area contributed by atoms with Crippen molar-refractivity contribution in [2.24, 2.45) is 0 Å². The number of aryl methyl sites for hydroxylation is 1. The van der Waals surface area contributed by atoms with E-state index in [1.54, 1.807) is 0 Å². The van der Waals surface area contributed by atoms with Gasteiger partial charge in [0.1, 0.15) is 0 Å². The summed E-state index contributed by atoms with van der Waals surface area (Å²) >= 11 is 5.90. The van der Waals surface area contributed by atoms with Crippen LogP contribution in [0.2, 0.25) is 5.02 Å². The summed E-state index contributed by atoms with van der Waals surface area (Å²) in [7, 11) is 0. The van der Waals surface area contributed by atoms with E-state index in [4.69, 9.17) is 11.6 Å². The summed E-state index contributed by atoms with van der Waals surface area (Å²) in [5.74, 6) is -0.0776. The highest BCUT2D eigenvalue weighted by Gasteiger charge is 2.16. The van der Waals surface area contributed by atoms with Crippen molar-refractivity contribution in [3.05, 3.63) is 34.9 Å². The Kier molecular flexibility index (Phi) is 6.05. The van der Waals surface area contributed by atoms with E-state index in [0.717, 1.165) is 31.5 Å². The highest BCUT2D eigenvalue weighted by atomic mass is 35.5. The molecule has 0 aromatic heterocycles. The van der Waals surface area contributed by atoms with E-state index in [1.807, 2.05) is 29.2 Å². The van der Waals surface area contributed by atoms with Crippen LogP contribution in [0, 0.1) is 0 Å². The summed E-state index contributed by atoms with van der Waals surface area (Å²) in [5.41, 5.74) is 1.03. The molecule has 1 saturated heterocycles. The molecule has 0 radical (unpaired) electrons. The Bertz CT molecular complexity index is 499. The Morgan fingerprint density at radius 3 is 2.67 bits per heavy atom. The van der Waals surface area contributed by atoms with Crippen LogP contribution in [0.4, 0.5) is 0 Å². The van der Waals surface area contributed by atoms with E-state index in [9.17, 15) is 9.59 Å². The summed E-state index contributed by atoms with van der Waals surface area (Å²) in [6.07, 6.45) is 4.32. The summed E-state index contributed by atoms with van der Waals surface area (Å²) in [5, 5.41) is 3.38. The van der Waals surface area contributed by atoms with Gasteiger partial charge in [0.25, 0.3) is 0 Å². The number of hydrogen-bond acceptors (Lipinski definition) is 2. The second kappa shape index (κ2) is 8.03. The largest absolute Gasteiger partial charge is 0.347 e. The molecule has 0 spiro atoms. The predicted octanol–water partition coefficient (Wildman–Crippen LogP) is 2.40. The van der Waals surface area contributed by atoms with Gasteiger partial charge >= 0.3 is 0 Å². The van der Waals surface area contributed by atoms with Crippen molar-refractivity contribution in [2.75, 3.05) is 19.6 Å². The quantitative estimate of drug-likeness (QED) is 0.908. The number of carbonyl (C=O) groups excluding carboxylic acids is 2. The van der Waals surface area contributed by atoms with Gasteiger partial charge in [-0.1, -0.05) is 23.7 Å². The van der Waals surface area contributed by atoms with Crippen LogP contribution in [0.15, 0.2) is 24.3 Å². The number of nitrogens with zero attached hydrogens (tertiary/aromatic N) is 1. The Morgan fingerprint density at radius 1 is 1.19 bits per heavy atom. The van der Waals surface area contributed by atoms with Crippen molar-refractivity contribution in [1.82, 2.24) is 10.2 Å². The first kappa shape index (κ1) is 15.8. The average Bonchev–Trinajstić information content (AvgIpc) is 2.51. The number of rotatable bonds is 5. The van der Waals surface area contributed by atoms with Crippen LogP contribution >= 0.6 is 11.6 Å². The fourth-order valence-electron chi connectivity index (χ4n) is 2.47. The van der Waals surface area contributed by atoms with Crippen LogP contribution in [0.5, 0.6) is 0 Å². The molecule has 5 heteroatoms. The zero-order chi connectivity index (χ0) is 15.1. The van der Waals surface area contributed by atoms with Crippen molar-refractivity contribution in [3.8, 4) is 0 Å². The first-order valence-electron chi connectivity index (χ1n) is 7.44. The van der Waals surface area contributed by atoms with E-state index in [0.29, 0.717) is 17.9 Å². The van der Waals surface area contributed by atoms with Gasteiger partial charge in [-0.15, -0.1) is 0 Å². The summed E-state index contributed by atoms with van der Waals surface area (Å²) < 4.78 is 0. The number of carbonyl (C=O) groups is 2. The SMILES string of the molecule is O=C(CCc1cccc(Cl)c1)NCC(=O)N1CCCCC1. The molecular formula is C16H21ClN2O2. The van der Waals surface area contributed by atoms with Gasteiger partial charge < -0.3 is 10.2 Å². The molecule has 1 N–H and O–H groups in total. The fraction of sp³-hybridized carbons (Fsp3) is 0.500. The van der Waals surface area contributed by atoms with Gasteiger partial charge in [-0.25, -0.2) is 0 Å². The molecule has 0 unspecified atom stereocenters. The third-order valence-corrected chi connectivity index (χ3v) is 3.91. The Balaban J connectivity index is 1.68. The minimum Gasteiger partial charge on any atom is -0.347 e. The topological polar surface area (TPSA) is 49.4 Å². The molecule has 1 aromatic rings. The standard InChI is InChI=1S/C16H21ClN2O2/c17-14-6-4-5-13(11-14)7-8-15(20)18-12-16(21)19-9-2-1-3-10-19/h4-6,11H,1-3,7-10,12H2,(H,18,20). The Morgan fingerprint density at radius 2 is 1.95 bits per heavy atom. The molecule has 1 aliphatic heterocycles. The molecular weight excluding hydrogens is 288 g/mol. The molecule has 1 heterocycles. The number of benzene rings is 1. The minimum absolute atomic E-state index is 0.0193. The lowest BCUT2D eigenvalue weighted by atomic mass is 10.1. The highest BCUT2D eigenvalue weighted by Crippen LogP contribution is 2.12. The molecule has 2 amide bonds. The van der Waals surface area contributed by atoms with Gasteiger partial charge in [0.2, 0.25) is 11.8 Å². The fourth-order valence-corrected chi connectivity index (χ4v) is 2.68. The Labute approximate surface area is 130 Å². The van der Waals surface area contributed by atoms with Crippen molar-refractivity contribution < 1.29 is 9.59 Å². The zero-order valence-electron chi connectivity index (χ0n) is 12.1. The predicted molar refractivity (Wildman–Crippen MR) is 83.2 cm³/mol. The molecule has 0 bridgehead atoms. The molecule has 1 aliphatic rings. The number of likely N-dealkylation sites (tertiary alicyclic amines) is 1. The lowest BCUT2D eigenvalue weighted by Gasteiger charge is -2.26. The maximum atomic E-state index is 11.9. The normalized spacial score (nSPS) is 14.8. The summed E-state index contributed by atoms with van der Waals surface area (Å²) in [6.45, 7) is 1.74. The van der Waals surface area contributed by atoms with E-state index in [2.05, 4.69) is 5.32 Å². The molecule has 114 valence electrons. The van der Waals surface area contributed by atoms with Crippen molar-refractivity contribution in [1.29, 1.82) is 0 Å². The number of hydrogen-bond donors (Lipinski definition) is 1. The summed E-state index contributed by atoms with van der Waals surface area (Å²) in [4.78, 5) is 25.5. The van der Waals surface area contributed by atoms with E-state index in [1.165, 1.54) is 6.42 Å².